The summed E-state index contributed by atoms with van der Waals surface area (Å²) in [6.07, 6.45) is 1.00. The molecule has 3 rings (SSSR count). The van der Waals surface area contributed by atoms with Crippen LogP contribution < -0.4 is 5.32 Å². The molecule has 1 amide bonds. The minimum absolute atomic E-state index is 0.00768. The summed E-state index contributed by atoms with van der Waals surface area (Å²) in [4.78, 5) is 17.4. The molecular weight excluding hydrogens is 354 g/mol. The molecule has 3 aromatic rings. The van der Waals surface area contributed by atoms with Crippen molar-refractivity contribution in [3.63, 3.8) is 0 Å². The number of thiophene rings is 1. The van der Waals surface area contributed by atoms with Crippen LogP contribution in [0.4, 0.5) is 0 Å². The summed E-state index contributed by atoms with van der Waals surface area (Å²) in [6, 6.07) is 12.1. The molecule has 25 heavy (non-hydrogen) atoms. The first-order valence-electron chi connectivity index (χ1n) is 8.03. The highest BCUT2D eigenvalue weighted by Crippen LogP contribution is 2.19. The van der Waals surface area contributed by atoms with Crippen molar-refractivity contribution in [1.29, 1.82) is 0 Å². The lowest BCUT2D eigenvalue weighted by molar-refractivity contribution is -0.118. The number of nitrogens with one attached hydrogen (secondary N) is 1. The minimum Gasteiger partial charge on any atom is -0.350 e. The van der Waals surface area contributed by atoms with Crippen LogP contribution in [0.3, 0.4) is 0 Å². The molecule has 0 spiro atoms. The first-order chi connectivity index (χ1) is 12.2. The third-order valence-corrected chi connectivity index (χ3v) is 5.38. The fourth-order valence-corrected chi connectivity index (χ4v) is 3.53. The maximum absolute atomic E-state index is 11.8. The maximum atomic E-state index is 11.8. The largest absolute Gasteiger partial charge is 0.350 e. The van der Waals surface area contributed by atoms with E-state index in [0.717, 1.165) is 16.9 Å². The van der Waals surface area contributed by atoms with E-state index in [9.17, 15) is 4.79 Å². The van der Waals surface area contributed by atoms with Gasteiger partial charge in [-0.25, -0.2) is 0 Å². The standard InChI is InChI=1S/C18H19N3O2S2/c1-2-13-5-7-14(8-6-13)18-20-17(23-21-18)12-24-11-16(22)19-10-15-4-3-9-25-15/h3-9H,2,10-12H2,1H3,(H,19,22). The fraction of sp³-hybridized carbons (Fsp3) is 0.278. The van der Waals surface area contributed by atoms with Gasteiger partial charge in [0.05, 0.1) is 18.1 Å². The Morgan fingerprint density at radius 2 is 2.12 bits per heavy atom. The van der Waals surface area contributed by atoms with Gasteiger partial charge in [-0.05, 0) is 23.4 Å². The summed E-state index contributed by atoms with van der Waals surface area (Å²) >= 11 is 3.10. The van der Waals surface area contributed by atoms with Crippen molar-refractivity contribution in [1.82, 2.24) is 15.5 Å². The lowest BCUT2D eigenvalue weighted by atomic mass is 10.1. The summed E-state index contributed by atoms with van der Waals surface area (Å²) in [5.41, 5.74) is 2.21. The Kier molecular flexibility index (Phi) is 6.25. The van der Waals surface area contributed by atoms with E-state index in [1.165, 1.54) is 17.3 Å². The molecule has 1 aromatic carbocycles. The Balaban J connectivity index is 1.44. The predicted octanol–water partition coefficient (Wildman–Crippen LogP) is 3.91. The second-order valence-corrected chi connectivity index (χ2v) is 7.43. The number of aromatic nitrogens is 2. The van der Waals surface area contributed by atoms with Gasteiger partial charge in [0.2, 0.25) is 17.6 Å². The number of thioether (sulfide) groups is 1. The average Bonchev–Trinajstić information content (AvgIpc) is 3.32. The molecule has 0 unspecified atom stereocenters. The predicted molar refractivity (Wildman–Crippen MR) is 101 cm³/mol. The molecule has 0 radical (unpaired) electrons. The van der Waals surface area contributed by atoms with E-state index < -0.39 is 0 Å². The summed E-state index contributed by atoms with van der Waals surface area (Å²) in [5, 5.41) is 8.91. The van der Waals surface area contributed by atoms with Crippen LogP contribution in [-0.4, -0.2) is 21.8 Å². The molecule has 0 saturated carbocycles. The van der Waals surface area contributed by atoms with Gasteiger partial charge in [0, 0.05) is 10.4 Å². The molecule has 2 aromatic heterocycles. The fourth-order valence-electron chi connectivity index (χ4n) is 2.20. The van der Waals surface area contributed by atoms with Crippen molar-refractivity contribution in [3.05, 3.63) is 58.1 Å². The monoisotopic (exact) mass is 373 g/mol. The first kappa shape index (κ1) is 17.7. The van der Waals surface area contributed by atoms with Crippen molar-refractivity contribution < 1.29 is 9.32 Å². The molecule has 0 aliphatic heterocycles. The van der Waals surface area contributed by atoms with Crippen molar-refractivity contribution in [2.75, 3.05) is 5.75 Å². The molecule has 0 fully saturated rings. The Hall–Kier alpha value is -2.12. The molecule has 2 heterocycles. The zero-order valence-electron chi connectivity index (χ0n) is 13.9. The van der Waals surface area contributed by atoms with Crippen LogP contribution in [-0.2, 0) is 23.5 Å². The van der Waals surface area contributed by atoms with Crippen molar-refractivity contribution in [3.8, 4) is 11.4 Å². The van der Waals surface area contributed by atoms with E-state index in [0.29, 0.717) is 29.8 Å². The number of nitrogens with zero attached hydrogens (tertiary/aromatic N) is 2. The third-order valence-electron chi connectivity index (χ3n) is 3.59. The van der Waals surface area contributed by atoms with Gasteiger partial charge in [-0.1, -0.05) is 42.4 Å². The number of benzene rings is 1. The molecule has 0 bridgehead atoms. The van der Waals surface area contributed by atoms with Crippen LogP contribution in [0.1, 0.15) is 23.3 Å². The number of carbonyl (C=O) groups is 1. The van der Waals surface area contributed by atoms with Gasteiger partial charge in [0.1, 0.15) is 0 Å². The van der Waals surface area contributed by atoms with E-state index in [4.69, 9.17) is 4.52 Å². The topological polar surface area (TPSA) is 68.0 Å². The molecule has 0 saturated heterocycles. The Morgan fingerprint density at radius 1 is 1.28 bits per heavy atom. The zero-order valence-corrected chi connectivity index (χ0v) is 15.5. The smallest absolute Gasteiger partial charge is 0.236 e. The van der Waals surface area contributed by atoms with Gasteiger partial charge < -0.3 is 9.84 Å². The van der Waals surface area contributed by atoms with Crippen molar-refractivity contribution in [2.24, 2.45) is 0 Å². The summed E-state index contributed by atoms with van der Waals surface area (Å²) in [5.74, 6) is 2.01. The van der Waals surface area contributed by atoms with Crippen LogP contribution >= 0.6 is 23.1 Å². The molecule has 5 nitrogen and oxygen atoms in total. The second kappa shape index (κ2) is 8.82. The van der Waals surface area contributed by atoms with Crippen molar-refractivity contribution >= 4 is 29.0 Å². The molecule has 7 heteroatoms. The second-order valence-electron chi connectivity index (χ2n) is 5.41. The molecular formula is C18H19N3O2S2. The van der Waals surface area contributed by atoms with Gasteiger partial charge in [-0.15, -0.1) is 23.1 Å². The molecule has 0 atom stereocenters. The number of rotatable bonds is 8. The van der Waals surface area contributed by atoms with Gasteiger partial charge >= 0.3 is 0 Å². The number of hydrogen-bond acceptors (Lipinski definition) is 6. The Labute approximate surface area is 154 Å². The lowest BCUT2D eigenvalue weighted by Gasteiger charge is -2.02. The van der Waals surface area contributed by atoms with Crippen LogP contribution in [0.25, 0.3) is 11.4 Å². The van der Waals surface area contributed by atoms with Crippen LogP contribution in [0, 0.1) is 0 Å². The number of hydrogen-bond donors (Lipinski definition) is 1. The molecule has 1 N–H and O–H groups in total. The van der Waals surface area contributed by atoms with Gasteiger partial charge in [-0.3, -0.25) is 4.79 Å². The SMILES string of the molecule is CCc1ccc(-c2noc(CSCC(=O)NCc3cccs3)n2)cc1. The van der Waals surface area contributed by atoms with E-state index in [1.54, 1.807) is 11.3 Å². The van der Waals surface area contributed by atoms with Gasteiger partial charge in [0.25, 0.3) is 0 Å². The summed E-state index contributed by atoms with van der Waals surface area (Å²) < 4.78 is 5.26. The number of amides is 1. The van der Waals surface area contributed by atoms with E-state index in [-0.39, 0.29) is 5.91 Å². The minimum atomic E-state index is 0.00768. The highest BCUT2D eigenvalue weighted by atomic mass is 32.2. The maximum Gasteiger partial charge on any atom is 0.236 e. The van der Waals surface area contributed by atoms with Crippen LogP contribution in [0.5, 0.6) is 0 Å². The third kappa shape index (κ3) is 5.17. The highest BCUT2D eigenvalue weighted by Gasteiger charge is 2.10. The van der Waals surface area contributed by atoms with Gasteiger partial charge in [-0.2, -0.15) is 4.98 Å². The van der Waals surface area contributed by atoms with E-state index in [2.05, 4.69) is 34.5 Å². The highest BCUT2D eigenvalue weighted by molar-refractivity contribution is 7.99. The Bertz CT molecular complexity index is 798. The first-order valence-corrected chi connectivity index (χ1v) is 10.1. The molecule has 0 aliphatic carbocycles. The average molecular weight is 374 g/mol. The van der Waals surface area contributed by atoms with Crippen molar-refractivity contribution in [2.45, 2.75) is 25.6 Å². The van der Waals surface area contributed by atoms with E-state index >= 15 is 0 Å². The zero-order chi connectivity index (χ0) is 17.5. The lowest BCUT2D eigenvalue weighted by Crippen LogP contribution is -2.24. The van der Waals surface area contributed by atoms with Crippen LogP contribution in [0.15, 0.2) is 46.3 Å². The van der Waals surface area contributed by atoms with E-state index in [1.807, 2.05) is 29.6 Å². The molecule has 0 aliphatic rings. The number of aryl methyl sites for hydroxylation is 1. The number of carbonyl (C=O) groups excluding carboxylic acids is 1. The van der Waals surface area contributed by atoms with Crippen LogP contribution in [0.2, 0.25) is 0 Å². The van der Waals surface area contributed by atoms with Gasteiger partial charge in [0.15, 0.2) is 0 Å². The summed E-state index contributed by atoms with van der Waals surface area (Å²) in [6.45, 7) is 2.70. The normalized spacial score (nSPS) is 10.8. The molecule has 130 valence electrons. The summed E-state index contributed by atoms with van der Waals surface area (Å²) in [7, 11) is 0. The quantitative estimate of drug-likeness (QED) is 0.648. The Morgan fingerprint density at radius 3 is 2.84 bits per heavy atom.